The Morgan fingerprint density at radius 1 is 0.833 bits per heavy atom. The molecule has 0 aliphatic carbocycles. The lowest BCUT2D eigenvalue weighted by Crippen LogP contribution is -2.23. The minimum Gasteiger partial charge on any atom is -0.348 e. The van der Waals surface area contributed by atoms with Crippen LogP contribution in [0.15, 0.2) is 65.6 Å². The lowest BCUT2D eigenvalue weighted by atomic mass is 10.1. The zero-order chi connectivity index (χ0) is 21.9. The SMILES string of the molecule is Cc1cccc(CNC(=O)c2ccc(C)c(S(=O)(=O)Nc3cc(C)cc(C)c3)c2)c1. The van der Waals surface area contributed by atoms with E-state index in [0.29, 0.717) is 23.4 Å². The molecule has 3 aromatic rings. The smallest absolute Gasteiger partial charge is 0.262 e. The number of benzene rings is 3. The molecule has 0 bridgehead atoms. The maximum absolute atomic E-state index is 13.0. The molecular weight excluding hydrogens is 396 g/mol. The summed E-state index contributed by atoms with van der Waals surface area (Å²) in [5.74, 6) is -0.320. The summed E-state index contributed by atoms with van der Waals surface area (Å²) in [7, 11) is -3.84. The van der Waals surface area contributed by atoms with Gasteiger partial charge in [0.25, 0.3) is 15.9 Å². The normalized spacial score (nSPS) is 11.2. The second-order valence-corrected chi connectivity index (χ2v) is 9.28. The fraction of sp³-hybridized carbons (Fsp3) is 0.208. The molecule has 6 heteroatoms. The fourth-order valence-corrected chi connectivity index (χ4v) is 4.69. The largest absolute Gasteiger partial charge is 0.348 e. The third-order valence-electron chi connectivity index (χ3n) is 4.75. The standard InChI is InChI=1S/C24H26N2O3S/c1-16-6-5-7-20(11-16)15-25-24(27)21-9-8-19(4)23(14-21)30(28,29)26-22-12-17(2)10-18(3)13-22/h5-14,26H,15H2,1-4H3,(H,25,27). The summed E-state index contributed by atoms with van der Waals surface area (Å²) in [5.41, 5.74) is 5.41. The predicted octanol–water partition coefficient (Wildman–Crippen LogP) is 4.65. The number of carbonyl (C=O) groups is 1. The minimum atomic E-state index is -3.84. The molecule has 30 heavy (non-hydrogen) atoms. The van der Waals surface area contributed by atoms with Crippen LogP contribution >= 0.6 is 0 Å². The monoisotopic (exact) mass is 422 g/mol. The lowest BCUT2D eigenvalue weighted by Gasteiger charge is -2.13. The van der Waals surface area contributed by atoms with E-state index in [0.717, 1.165) is 22.3 Å². The van der Waals surface area contributed by atoms with Crippen molar-refractivity contribution < 1.29 is 13.2 Å². The van der Waals surface area contributed by atoms with Gasteiger partial charge in [0, 0.05) is 17.8 Å². The fourth-order valence-electron chi connectivity index (χ4n) is 3.38. The first kappa shape index (κ1) is 21.6. The van der Waals surface area contributed by atoms with Crippen molar-refractivity contribution in [2.45, 2.75) is 39.1 Å². The molecule has 3 aromatic carbocycles. The van der Waals surface area contributed by atoms with E-state index in [9.17, 15) is 13.2 Å². The van der Waals surface area contributed by atoms with Crippen LogP contribution in [-0.2, 0) is 16.6 Å². The van der Waals surface area contributed by atoms with Crippen LogP contribution in [0, 0.1) is 27.7 Å². The van der Waals surface area contributed by atoms with Crippen LogP contribution in [0.3, 0.4) is 0 Å². The second kappa shape index (κ2) is 8.71. The molecule has 0 radical (unpaired) electrons. The summed E-state index contributed by atoms with van der Waals surface area (Å²) in [6.07, 6.45) is 0. The van der Waals surface area contributed by atoms with Crippen LogP contribution in [0.1, 0.15) is 38.2 Å². The quantitative estimate of drug-likeness (QED) is 0.607. The zero-order valence-corrected chi connectivity index (χ0v) is 18.4. The first-order valence-corrected chi connectivity index (χ1v) is 11.2. The summed E-state index contributed by atoms with van der Waals surface area (Å²) in [4.78, 5) is 12.7. The average Bonchev–Trinajstić information content (AvgIpc) is 2.65. The number of sulfonamides is 1. The first-order valence-electron chi connectivity index (χ1n) is 9.69. The average molecular weight is 423 g/mol. The highest BCUT2D eigenvalue weighted by molar-refractivity contribution is 7.92. The van der Waals surface area contributed by atoms with Crippen molar-refractivity contribution in [1.29, 1.82) is 0 Å². The van der Waals surface area contributed by atoms with Gasteiger partial charge in [-0.15, -0.1) is 0 Å². The maximum Gasteiger partial charge on any atom is 0.262 e. The third-order valence-corrected chi connectivity index (χ3v) is 6.27. The number of nitrogens with one attached hydrogen (secondary N) is 2. The van der Waals surface area contributed by atoms with E-state index in [4.69, 9.17) is 0 Å². The highest BCUT2D eigenvalue weighted by atomic mass is 32.2. The van der Waals surface area contributed by atoms with Crippen LogP contribution in [0.2, 0.25) is 0 Å². The van der Waals surface area contributed by atoms with Crippen molar-refractivity contribution in [2.24, 2.45) is 0 Å². The number of rotatable bonds is 6. The Bertz CT molecular complexity index is 1180. The highest BCUT2D eigenvalue weighted by Crippen LogP contribution is 2.22. The van der Waals surface area contributed by atoms with Crippen LogP contribution in [-0.4, -0.2) is 14.3 Å². The molecule has 0 fully saturated rings. The summed E-state index contributed by atoms with van der Waals surface area (Å²) in [6.45, 7) is 7.90. The molecule has 3 rings (SSSR count). The number of amides is 1. The van der Waals surface area contributed by atoms with Crippen molar-refractivity contribution in [1.82, 2.24) is 5.32 Å². The number of hydrogen-bond acceptors (Lipinski definition) is 3. The van der Waals surface area contributed by atoms with Gasteiger partial charge in [0.1, 0.15) is 0 Å². The van der Waals surface area contributed by atoms with E-state index in [1.54, 1.807) is 31.2 Å². The summed E-state index contributed by atoms with van der Waals surface area (Å²) < 4.78 is 28.6. The Morgan fingerprint density at radius 3 is 2.20 bits per heavy atom. The molecule has 0 spiro atoms. The maximum atomic E-state index is 13.0. The molecule has 0 atom stereocenters. The van der Waals surface area contributed by atoms with E-state index < -0.39 is 10.0 Å². The van der Waals surface area contributed by atoms with Crippen LogP contribution in [0.25, 0.3) is 0 Å². The highest BCUT2D eigenvalue weighted by Gasteiger charge is 2.19. The van der Waals surface area contributed by atoms with Crippen molar-refractivity contribution in [3.8, 4) is 0 Å². The molecule has 2 N–H and O–H groups in total. The Labute approximate surface area is 178 Å². The zero-order valence-electron chi connectivity index (χ0n) is 17.6. The van der Waals surface area contributed by atoms with Gasteiger partial charge in [0.05, 0.1) is 4.90 Å². The molecule has 156 valence electrons. The molecular formula is C24H26N2O3S. The molecule has 0 saturated heterocycles. The van der Waals surface area contributed by atoms with Crippen molar-refractivity contribution in [2.75, 3.05) is 4.72 Å². The molecule has 0 unspecified atom stereocenters. The molecule has 0 aliphatic rings. The second-order valence-electron chi connectivity index (χ2n) is 7.63. The molecule has 5 nitrogen and oxygen atoms in total. The Morgan fingerprint density at radius 2 is 1.53 bits per heavy atom. The minimum absolute atomic E-state index is 0.0878. The van der Waals surface area contributed by atoms with Gasteiger partial charge < -0.3 is 5.32 Å². The summed E-state index contributed by atoms with van der Waals surface area (Å²) in [5, 5.41) is 2.85. The Hall–Kier alpha value is -3.12. The van der Waals surface area contributed by atoms with Crippen LogP contribution in [0.5, 0.6) is 0 Å². The number of carbonyl (C=O) groups excluding carboxylic acids is 1. The van der Waals surface area contributed by atoms with Gasteiger partial charge in [-0.25, -0.2) is 8.42 Å². The third kappa shape index (κ3) is 5.27. The predicted molar refractivity (Wildman–Crippen MR) is 120 cm³/mol. The van der Waals surface area contributed by atoms with Gasteiger partial charge in [-0.05, 0) is 74.2 Å². The Kier molecular flexibility index (Phi) is 6.27. The van der Waals surface area contributed by atoms with Gasteiger partial charge in [0.15, 0.2) is 0 Å². The summed E-state index contributed by atoms with van der Waals surface area (Å²) in [6, 6.07) is 18.1. The van der Waals surface area contributed by atoms with Crippen LogP contribution in [0.4, 0.5) is 5.69 Å². The van der Waals surface area contributed by atoms with E-state index in [-0.39, 0.29) is 10.8 Å². The van der Waals surface area contributed by atoms with Gasteiger partial charge in [-0.3, -0.25) is 9.52 Å². The Balaban J connectivity index is 1.82. The molecule has 1 amide bonds. The van der Waals surface area contributed by atoms with Gasteiger partial charge in [-0.2, -0.15) is 0 Å². The number of hydrogen-bond donors (Lipinski definition) is 2. The summed E-state index contributed by atoms with van der Waals surface area (Å²) >= 11 is 0. The van der Waals surface area contributed by atoms with Gasteiger partial charge >= 0.3 is 0 Å². The van der Waals surface area contributed by atoms with E-state index in [2.05, 4.69) is 10.0 Å². The van der Waals surface area contributed by atoms with Gasteiger partial charge in [0.2, 0.25) is 0 Å². The van der Waals surface area contributed by atoms with E-state index in [1.807, 2.05) is 51.1 Å². The van der Waals surface area contributed by atoms with E-state index >= 15 is 0 Å². The molecule has 0 saturated carbocycles. The van der Waals surface area contributed by atoms with Crippen molar-refractivity contribution in [3.63, 3.8) is 0 Å². The number of aryl methyl sites for hydroxylation is 4. The first-order chi connectivity index (χ1) is 14.1. The molecule has 0 heterocycles. The topological polar surface area (TPSA) is 75.3 Å². The molecule has 0 aliphatic heterocycles. The molecule has 0 aromatic heterocycles. The van der Waals surface area contributed by atoms with Gasteiger partial charge in [-0.1, -0.05) is 42.0 Å². The van der Waals surface area contributed by atoms with Crippen molar-refractivity contribution >= 4 is 21.6 Å². The lowest BCUT2D eigenvalue weighted by molar-refractivity contribution is 0.0950. The number of anilines is 1. The van der Waals surface area contributed by atoms with Crippen LogP contribution < -0.4 is 10.0 Å². The van der Waals surface area contributed by atoms with E-state index in [1.165, 1.54) is 6.07 Å². The van der Waals surface area contributed by atoms with Crippen molar-refractivity contribution in [3.05, 3.63) is 94.0 Å².